The normalized spacial score (nSPS) is 12.8. The molecule has 0 aliphatic carbocycles. The number of carbonyl (C=O) groups excluding carboxylic acids is 1. The summed E-state index contributed by atoms with van der Waals surface area (Å²) in [6, 6.07) is 11.3. The number of hydrogen-bond donors (Lipinski definition) is 1. The van der Waals surface area contributed by atoms with E-state index in [0.29, 0.717) is 0 Å². The Kier molecular flexibility index (Phi) is 8.85. The number of para-hydroxylation sites is 1. The van der Waals surface area contributed by atoms with Crippen LogP contribution in [0.5, 0.6) is 5.75 Å². The van der Waals surface area contributed by atoms with Crippen LogP contribution in [0, 0.1) is 0 Å². The van der Waals surface area contributed by atoms with E-state index in [9.17, 15) is 13.2 Å². The molecule has 0 heterocycles. The maximum absolute atomic E-state index is 12.9. The Bertz CT molecular complexity index is 1030. The Labute approximate surface area is 200 Å². The molecule has 2 aromatic rings. The number of rotatable bonds is 9. The highest BCUT2D eigenvalue weighted by Gasteiger charge is 2.31. The molecule has 1 atom stereocenters. The highest BCUT2D eigenvalue weighted by Crippen LogP contribution is 2.31. The van der Waals surface area contributed by atoms with E-state index >= 15 is 0 Å². The number of ether oxygens (including phenoxy) is 1. The van der Waals surface area contributed by atoms with E-state index in [1.54, 1.807) is 6.92 Å². The lowest BCUT2D eigenvalue weighted by Gasteiger charge is -2.30. The molecular weight excluding hydrogens is 471 g/mol. The van der Waals surface area contributed by atoms with E-state index in [-0.39, 0.29) is 40.7 Å². The van der Waals surface area contributed by atoms with E-state index < -0.39 is 22.0 Å². The Morgan fingerprint density at radius 2 is 1.72 bits per heavy atom. The second-order valence-electron chi connectivity index (χ2n) is 8.50. The molecule has 0 aliphatic rings. The number of halogens is 2. The molecule has 1 N–H and O–H groups in total. The third-order valence-corrected chi connectivity index (χ3v) is 6.40. The molecule has 1 amide bonds. The van der Waals surface area contributed by atoms with E-state index in [2.05, 4.69) is 26.1 Å². The smallest absolute Gasteiger partial charge is 0.244 e. The van der Waals surface area contributed by atoms with Crippen molar-refractivity contribution in [3.8, 4) is 5.75 Å². The van der Waals surface area contributed by atoms with Crippen LogP contribution < -0.4 is 14.4 Å². The third kappa shape index (κ3) is 7.02. The van der Waals surface area contributed by atoms with Crippen LogP contribution in [0.4, 0.5) is 5.69 Å². The van der Waals surface area contributed by atoms with Gasteiger partial charge in [-0.15, -0.1) is 0 Å². The van der Waals surface area contributed by atoms with Crippen molar-refractivity contribution >= 4 is 44.8 Å². The lowest BCUT2D eigenvalue weighted by Crippen LogP contribution is -2.50. The minimum absolute atomic E-state index is 0.0820. The van der Waals surface area contributed by atoms with Crippen LogP contribution in [0.1, 0.15) is 39.7 Å². The molecule has 0 bridgehead atoms. The molecule has 0 saturated carbocycles. The Balaban J connectivity index is 2.12. The average molecular weight is 501 g/mol. The molecule has 176 valence electrons. The summed E-state index contributed by atoms with van der Waals surface area (Å²) in [5, 5.41) is 3.34. The van der Waals surface area contributed by atoms with Crippen LogP contribution in [-0.4, -0.2) is 39.8 Å². The maximum atomic E-state index is 12.9. The van der Waals surface area contributed by atoms with Gasteiger partial charge in [0.25, 0.3) is 0 Å². The summed E-state index contributed by atoms with van der Waals surface area (Å²) < 4.78 is 32.0. The Morgan fingerprint density at radius 1 is 1.12 bits per heavy atom. The molecule has 2 rings (SSSR count). The first-order valence-electron chi connectivity index (χ1n) is 10.3. The van der Waals surface area contributed by atoms with Crippen molar-refractivity contribution in [3.63, 3.8) is 0 Å². The number of benzene rings is 2. The van der Waals surface area contributed by atoms with Crippen molar-refractivity contribution in [1.29, 1.82) is 0 Å². The summed E-state index contributed by atoms with van der Waals surface area (Å²) in [5.41, 5.74) is 1.22. The predicted octanol–water partition coefficient (Wildman–Crippen LogP) is 5.03. The minimum Gasteiger partial charge on any atom is -0.491 e. The zero-order valence-electron chi connectivity index (χ0n) is 19.0. The monoisotopic (exact) mass is 500 g/mol. The number of nitrogens with one attached hydrogen (secondary N) is 1. The van der Waals surface area contributed by atoms with Gasteiger partial charge in [0.1, 0.15) is 18.4 Å². The van der Waals surface area contributed by atoms with Gasteiger partial charge in [0.05, 0.1) is 18.5 Å². The maximum Gasteiger partial charge on any atom is 0.244 e. The topological polar surface area (TPSA) is 75.7 Å². The second-order valence-corrected chi connectivity index (χ2v) is 11.2. The zero-order valence-corrected chi connectivity index (χ0v) is 21.3. The van der Waals surface area contributed by atoms with Crippen LogP contribution in [0.15, 0.2) is 42.5 Å². The van der Waals surface area contributed by atoms with Crippen LogP contribution in [0.3, 0.4) is 0 Å². The first-order valence-corrected chi connectivity index (χ1v) is 12.9. The number of carbonyl (C=O) groups is 1. The van der Waals surface area contributed by atoms with Crippen LogP contribution in [0.25, 0.3) is 0 Å². The Morgan fingerprint density at radius 3 is 2.25 bits per heavy atom. The van der Waals surface area contributed by atoms with Gasteiger partial charge >= 0.3 is 0 Å². The van der Waals surface area contributed by atoms with Gasteiger partial charge in [-0.1, -0.05) is 69.1 Å². The van der Waals surface area contributed by atoms with Crippen LogP contribution in [-0.2, 0) is 20.2 Å². The van der Waals surface area contributed by atoms with Crippen molar-refractivity contribution < 1.29 is 17.9 Å². The Hall–Kier alpha value is -1.96. The summed E-state index contributed by atoms with van der Waals surface area (Å²) in [6.07, 6.45) is 1.31. The van der Waals surface area contributed by atoms with E-state index in [1.807, 2.05) is 24.3 Å². The molecule has 9 heteroatoms. The summed E-state index contributed by atoms with van der Waals surface area (Å²) in [7, 11) is -3.78. The number of amides is 1. The predicted molar refractivity (Wildman–Crippen MR) is 132 cm³/mol. The number of anilines is 1. The largest absolute Gasteiger partial charge is 0.491 e. The molecule has 0 aromatic heterocycles. The number of sulfonamides is 1. The molecule has 1 unspecified atom stereocenters. The fraction of sp³-hybridized carbons (Fsp3) is 0.435. The van der Waals surface area contributed by atoms with Gasteiger partial charge < -0.3 is 10.1 Å². The molecule has 0 spiro atoms. The van der Waals surface area contributed by atoms with Crippen LogP contribution >= 0.6 is 23.2 Å². The van der Waals surface area contributed by atoms with Crippen molar-refractivity contribution in [2.75, 3.05) is 23.7 Å². The van der Waals surface area contributed by atoms with Crippen molar-refractivity contribution in [2.45, 2.75) is 45.6 Å². The lowest BCUT2D eigenvalue weighted by atomic mass is 9.86. The summed E-state index contributed by atoms with van der Waals surface area (Å²) in [5.74, 6) is 0.328. The molecule has 2 aromatic carbocycles. The fourth-order valence-corrected chi connectivity index (χ4v) is 5.10. The van der Waals surface area contributed by atoms with Crippen molar-refractivity contribution in [2.24, 2.45) is 0 Å². The molecule has 0 aliphatic heterocycles. The standard InChI is InChI=1S/C23H30Cl2N2O4S/c1-6-20(27(32(5,29)30)18-14-16(24)13-17(25)15-18)22(28)26-11-12-31-21-10-8-7-9-19(21)23(2,3)4/h7-10,13-15,20H,6,11-12H2,1-5H3,(H,26,28). The van der Waals surface area contributed by atoms with E-state index in [4.69, 9.17) is 27.9 Å². The van der Waals surface area contributed by atoms with Gasteiger partial charge in [-0.25, -0.2) is 8.42 Å². The van der Waals surface area contributed by atoms with Crippen LogP contribution in [0.2, 0.25) is 10.0 Å². The molecule has 0 fully saturated rings. The SMILES string of the molecule is CCC(C(=O)NCCOc1ccccc1C(C)(C)C)N(c1cc(Cl)cc(Cl)c1)S(C)(=O)=O. The van der Waals surface area contributed by atoms with E-state index in [0.717, 1.165) is 21.9 Å². The zero-order chi connectivity index (χ0) is 24.1. The van der Waals surface area contributed by atoms with Gasteiger partial charge in [-0.3, -0.25) is 9.10 Å². The molecule has 0 saturated heterocycles. The number of nitrogens with zero attached hydrogens (tertiary/aromatic N) is 1. The van der Waals surface area contributed by atoms with E-state index in [1.165, 1.54) is 18.2 Å². The quantitative estimate of drug-likeness (QED) is 0.489. The first-order chi connectivity index (χ1) is 14.8. The third-order valence-electron chi connectivity index (χ3n) is 4.79. The van der Waals surface area contributed by atoms with Gasteiger partial charge in [-0.2, -0.15) is 0 Å². The van der Waals surface area contributed by atoms with Gasteiger partial charge in [-0.05, 0) is 41.7 Å². The highest BCUT2D eigenvalue weighted by molar-refractivity contribution is 7.92. The molecule has 32 heavy (non-hydrogen) atoms. The second kappa shape index (κ2) is 10.8. The molecule has 6 nitrogen and oxygen atoms in total. The van der Waals surface area contributed by atoms with Gasteiger partial charge in [0.15, 0.2) is 0 Å². The lowest BCUT2D eigenvalue weighted by molar-refractivity contribution is -0.122. The number of hydrogen-bond acceptors (Lipinski definition) is 4. The molecule has 0 radical (unpaired) electrons. The summed E-state index contributed by atoms with van der Waals surface area (Å²) >= 11 is 12.1. The molecular formula is C23H30Cl2N2O4S. The summed E-state index contributed by atoms with van der Waals surface area (Å²) in [6.45, 7) is 8.52. The summed E-state index contributed by atoms with van der Waals surface area (Å²) in [4.78, 5) is 12.9. The van der Waals surface area contributed by atoms with Crippen molar-refractivity contribution in [1.82, 2.24) is 5.32 Å². The van der Waals surface area contributed by atoms with Crippen molar-refractivity contribution in [3.05, 3.63) is 58.1 Å². The highest BCUT2D eigenvalue weighted by atomic mass is 35.5. The fourth-order valence-electron chi connectivity index (χ4n) is 3.39. The minimum atomic E-state index is -3.78. The first kappa shape index (κ1) is 26.3. The average Bonchev–Trinajstić information content (AvgIpc) is 2.66. The van der Waals surface area contributed by atoms with Gasteiger partial charge in [0.2, 0.25) is 15.9 Å². The van der Waals surface area contributed by atoms with Gasteiger partial charge in [0, 0.05) is 10.0 Å².